The Bertz CT molecular complexity index is 860. The maximum atomic E-state index is 12.9. The fourth-order valence-corrected chi connectivity index (χ4v) is 5.54. The van der Waals surface area contributed by atoms with Crippen molar-refractivity contribution in [3.63, 3.8) is 0 Å². The summed E-state index contributed by atoms with van der Waals surface area (Å²) in [5, 5.41) is 3.07. The van der Waals surface area contributed by atoms with Crippen molar-refractivity contribution in [2.24, 2.45) is 5.92 Å². The highest BCUT2D eigenvalue weighted by molar-refractivity contribution is 7.17. The minimum atomic E-state index is 0.106. The second kappa shape index (κ2) is 7.33. The number of thiophene rings is 1. The summed E-state index contributed by atoms with van der Waals surface area (Å²) in [4.78, 5) is 37.4. The van der Waals surface area contributed by atoms with Crippen LogP contribution in [0.2, 0.25) is 0 Å². The Hall–Kier alpha value is -1.77. The van der Waals surface area contributed by atoms with Crippen molar-refractivity contribution in [3.8, 4) is 10.6 Å². The van der Waals surface area contributed by atoms with E-state index < -0.39 is 0 Å². The van der Waals surface area contributed by atoms with E-state index in [0.717, 1.165) is 46.5 Å². The van der Waals surface area contributed by atoms with Gasteiger partial charge in [0.05, 0.1) is 27.0 Å². The lowest BCUT2D eigenvalue weighted by Gasteiger charge is -2.53. The van der Waals surface area contributed by atoms with Gasteiger partial charge in [0.15, 0.2) is 0 Å². The van der Waals surface area contributed by atoms with Gasteiger partial charge in [-0.3, -0.25) is 9.59 Å². The maximum absolute atomic E-state index is 12.9. The summed E-state index contributed by atoms with van der Waals surface area (Å²) >= 11 is 3.14. The van der Waals surface area contributed by atoms with Crippen molar-refractivity contribution in [1.29, 1.82) is 0 Å². The van der Waals surface area contributed by atoms with E-state index in [0.29, 0.717) is 18.5 Å². The van der Waals surface area contributed by atoms with E-state index in [1.165, 1.54) is 11.3 Å². The predicted octanol–water partition coefficient (Wildman–Crippen LogP) is 2.41. The van der Waals surface area contributed by atoms with Crippen LogP contribution in [0, 0.1) is 12.8 Å². The number of rotatable bonds is 4. The van der Waals surface area contributed by atoms with E-state index >= 15 is 0 Å². The van der Waals surface area contributed by atoms with E-state index in [4.69, 9.17) is 0 Å². The van der Waals surface area contributed by atoms with Gasteiger partial charge in [0.2, 0.25) is 5.91 Å². The Labute approximate surface area is 167 Å². The first kappa shape index (κ1) is 18.6. The lowest BCUT2D eigenvalue weighted by molar-refractivity contribution is -0.147. The van der Waals surface area contributed by atoms with Gasteiger partial charge in [0, 0.05) is 37.0 Å². The van der Waals surface area contributed by atoms with Crippen molar-refractivity contribution in [1.82, 2.24) is 19.7 Å². The largest absolute Gasteiger partial charge is 0.338 e. The molecule has 0 N–H and O–H groups in total. The Morgan fingerprint density at radius 3 is 2.78 bits per heavy atom. The number of hydrogen-bond donors (Lipinski definition) is 0. The third-order valence-corrected chi connectivity index (χ3v) is 7.14. The summed E-state index contributed by atoms with van der Waals surface area (Å²) in [6.45, 7) is 4.69. The molecule has 0 unspecified atom stereocenters. The van der Waals surface area contributed by atoms with Crippen LogP contribution in [0.1, 0.15) is 21.1 Å². The van der Waals surface area contributed by atoms with E-state index in [1.807, 2.05) is 53.2 Å². The van der Waals surface area contributed by atoms with Crippen molar-refractivity contribution in [3.05, 3.63) is 27.4 Å². The summed E-state index contributed by atoms with van der Waals surface area (Å²) < 4.78 is 0. The molecule has 2 saturated heterocycles. The summed E-state index contributed by atoms with van der Waals surface area (Å²) in [6, 6.07) is 4.21. The van der Waals surface area contributed by atoms with Gasteiger partial charge in [-0.2, -0.15) is 0 Å². The van der Waals surface area contributed by atoms with Gasteiger partial charge < -0.3 is 14.7 Å². The molecule has 4 rings (SSSR count). The molecule has 2 atom stereocenters. The highest BCUT2D eigenvalue weighted by Crippen LogP contribution is 2.34. The topological polar surface area (TPSA) is 56.8 Å². The fraction of sp³-hybridized carbons (Fsp3) is 0.526. The molecule has 6 nitrogen and oxygen atoms in total. The molecular weight excluding hydrogens is 380 g/mol. The highest BCUT2D eigenvalue weighted by atomic mass is 32.1. The molecule has 0 spiro atoms. The standard InChI is InChI=1S/C19H24N4O2S2/c1-12-20-14(11-26-12)16-4-5-17(27-16)19(25)22-7-6-15-13(8-22)9-23(15)18(24)10-21(2)3/h4-5,11,13,15H,6-10H2,1-3H3/t13-,15-/m0/s1. The maximum Gasteiger partial charge on any atom is 0.263 e. The number of amides is 2. The lowest BCUT2D eigenvalue weighted by Crippen LogP contribution is -2.66. The number of hydrogen-bond acceptors (Lipinski definition) is 6. The number of aryl methyl sites for hydroxylation is 1. The van der Waals surface area contributed by atoms with Crippen LogP contribution in [0.15, 0.2) is 17.5 Å². The second-order valence-electron chi connectivity index (χ2n) is 7.57. The van der Waals surface area contributed by atoms with Crippen molar-refractivity contribution in [2.45, 2.75) is 19.4 Å². The number of likely N-dealkylation sites (N-methyl/N-ethyl adjacent to an activating group) is 1. The molecule has 2 fully saturated rings. The zero-order valence-electron chi connectivity index (χ0n) is 15.8. The smallest absolute Gasteiger partial charge is 0.263 e. The van der Waals surface area contributed by atoms with Gasteiger partial charge in [-0.1, -0.05) is 0 Å². The third kappa shape index (κ3) is 3.66. The van der Waals surface area contributed by atoms with Crippen LogP contribution in [0.3, 0.4) is 0 Å². The Kier molecular flexibility index (Phi) is 5.05. The van der Waals surface area contributed by atoms with Gasteiger partial charge >= 0.3 is 0 Å². The van der Waals surface area contributed by atoms with Crippen LogP contribution in [-0.2, 0) is 4.79 Å². The van der Waals surface area contributed by atoms with Gasteiger partial charge in [-0.05, 0) is 39.6 Å². The van der Waals surface area contributed by atoms with Crippen molar-refractivity contribution < 1.29 is 9.59 Å². The molecule has 8 heteroatoms. The van der Waals surface area contributed by atoms with Crippen molar-refractivity contribution >= 4 is 34.5 Å². The van der Waals surface area contributed by atoms with Crippen LogP contribution in [-0.4, -0.2) is 77.8 Å². The monoisotopic (exact) mass is 404 g/mol. The second-order valence-corrected chi connectivity index (χ2v) is 9.71. The van der Waals surface area contributed by atoms with Crippen molar-refractivity contribution in [2.75, 3.05) is 40.3 Å². The molecule has 2 amide bonds. The van der Waals surface area contributed by atoms with Crippen LogP contribution in [0.5, 0.6) is 0 Å². The molecule has 4 heterocycles. The molecule has 27 heavy (non-hydrogen) atoms. The Morgan fingerprint density at radius 2 is 2.11 bits per heavy atom. The van der Waals surface area contributed by atoms with Crippen LogP contribution < -0.4 is 0 Å². The normalized spacial score (nSPS) is 21.9. The van der Waals surface area contributed by atoms with E-state index in [1.54, 1.807) is 11.3 Å². The number of piperidine rings is 1. The summed E-state index contributed by atoms with van der Waals surface area (Å²) in [5.74, 6) is 0.714. The third-order valence-electron chi connectivity index (χ3n) is 5.27. The molecule has 0 radical (unpaired) electrons. The van der Waals surface area contributed by atoms with E-state index in [2.05, 4.69) is 4.98 Å². The molecule has 2 aromatic heterocycles. The zero-order valence-corrected chi connectivity index (χ0v) is 17.5. The summed E-state index contributed by atoms with van der Waals surface area (Å²) in [5.41, 5.74) is 0.953. The molecular formula is C19H24N4O2S2. The summed E-state index contributed by atoms with van der Waals surface area (Å²) in [6.07, 6.45) is 0.874. The zero-order chi connectivity index (χ0) is 19.1. The molecule has 2 aliphatic rings. The van der Waals surface area contributed by atoms with Crippen LogP contribution >= 0.6 is 22.7 Å². The highest BCUT2D eigenvalue weighted by Gasteiger charge is 2.45. The van der Waals surface area contributed by atoms with E-state index in [9.17, 15) is 9.59 Å². The first-order chi connectivity index (χ1) is 12.9. The van der Waals surface area contributed by atoms with E-state index in [-0.39, 0.29) is 11.8 Å². The predicted molar refractivity (Wildman–Crippen MR) is 108 cm³/mol. The van der Waals surface area contributed by atoms with Gasteiger partial charge in [-0.25, -0.2) is 4.98 Å². The first-order valence-electron chi connectivity index (χ1n) is 9.18. The Morgan fingerprint density at radius 1 is 1.30 bits per heavy atom. The Balaban J connectivity index is 1.37. The summed E-state index contributed by atoms with van der Waals surface area (Å²) in [7, 11) is 3.83. The number of carbonyl (C=O) groups is 2. The molecule has 0 aromatic carbocycles. The number of likely N-dealkylation sites (tertiary alicyclic amines) is 2. The number of fused-ring (bicyclic) bond motifs is 1. The molecule has 2 aliphatic heterocycles. The fourth-order valence-electron chi connectivity index (χ4n) is 3.92. The minimum absolute atomic E-state index is 0.106. The molecule has 2 aromatic rings. The molecule has 144 valence electrons. The average molecular weight is 405 g/mol. The molecule has 0 saturated carbocycles. The SMILES string of the molecule is Cc1nc(-c2ccc(C(=O)N3CC[C@H]4[C@@H](C3)CN4C(=O)CN(C)C)s2)cs1. The number of aromatic nitrogens is 1. The van der Waals surface area contributed by atoms with Gasteiger partial charge in [0.25, 0.3) is 5.91 Å². The quantitative estimate of drug-likeness (QED) is 0.785. The van der Waals surface area contributed by atoms with Crippen LogP contribution in [0.4, 0.5) is 0 Å². The van der Waals surface area contributed by atoms with Crippen LogP contribution in [0.25, 0.3) is 10.6 Å². The molecule has 0 bridgehead atoms. The van der Waals surface area contributed by atoms with Gasteiger partial charge in [0.1, 0.15) is 0 Å². The van der Waals surface area contributed by atoms with Gasteiger partial charge in [-0.15, -0.1) is 22.7 Å². The first-order valence-corrected chi connectivity index (χ1v) is 10.9. The molecule has 0 aliphatic carbocycles. The number of carbonyl (C=O) groups excluding carboxylic acids is 2. The lowest BCUT2D eigenvalue weighted by atomic mass is 9.82. The number of thiazole rings is 1. The number of nitrogens with zero attached hydrogens (tertiary/aromatic N) is 4. The minimum Gasteiger partial charge on any atom is -0.338 e. The average Bonchev–Trinajstić information content (AvgIpc) is 3.23.